The fourth-order valence-corrected chi connectivity index (χ4v) is 2.61. The third-order valence-corrected chi connectivity index (χ3v) is 3.54. The lowest BCUT2D eigenvalue weighted by atomic mass is 10.1. The smallest absolute Gasteiger partial charge is 0.0493 e. The van der Waals surface area contributed by atoms with Crippen LogP contribution < -0.4 is 5.32 Å². The Bertz CT molecular complexity index is 465. The highest BCUT2D eigenvalue weighted by Gasteiger charge is 2.07. The van der Waals surface area contributed by atoms with Crippen LogP contribution >= 0.6 is 22.9 Å². The van der Waals surface area contributed by atoms with E-state index in [2.05, 4.69) is 36.0 Å². The molecule has 1 aromatic heterocycles. The van der Waals surface area contributed by atoms with Gasteiger partial charge in [0.05, 0.1) is 0 Å². The molecule has 2 aromatic rings. The molecule has 0 aliphatic heterocycles. The molecule has 84 valence electrons. The molecule has 1 nitrogen and oxygen atoms in total. The van der Waals surface area contributed by atoms with Gasteiger partial charge in [0.25, 0.3) is 0 Å². The van der Waals surface area contributed by atoms with Crippen molar-refractivity contribution >= 4 is 28.6 Å². The van der Waals surface area contributed by atoms with Crippen LogP contribution in [-0.2, 0) is 0 Å². The van der Waals surface area contributed by atoms with Crippen LogP contribution in [0.5, 0.6) is 0 Å². The molecule has 0 saturated heterocycles. The fraction of sp³-hybridized carbons (Fsp3) is 0.231. The van der Waals surface area contributed by atoms with Crippen LogP contribution in [0.3, 0.4) is 0 Å². The number of anilines is 1. The van der Waals surface area contributed by atoms with E-state index in [-0.39, 0.29) is 0 Å². The molecule has 16 heavy (non-hydrogen) atoms. The summed E-state index contributed by atoms with van der Waals surface area (Å²) in [5.74, 6) is 0. The number of thiophene rings is 1. The highest BCUT2D eigenvalue weighted by Crippen LogP contribution is 2.25. The normalized spacial score (nSPS) is 12.4. The summed E-state index contributed by atoms with van der Waals surface area (Å²) in [6.45, 7) is 4.23. The average Bonchev–Trinajstić information content (AvgIpc) is 2.75. The predicted octanol–water partition coefficient (Wildman–Crippen LogP) is 4.88. The van der Waals surface area contributed by atoms with Crippen LogP contribution in [0, 0.1) is 6.92 Å². The number of halogens is 1. The molecule has 0 amide bonds. The van der Waals surface area contributed by atoms with Crippen LogP contribution in [0.1, 0.15) is 24.1 Å². The molecule has 1 unspecified atom stereocenters. The van der Waals surface area contributed by atoms with Gasteiger partial charge in [0.15, 0.2) is 0 Å². The van der Waals surface area contributed by atoms with Crippen molar-refractivity contribution < 1.29 is 0 Å². The molecular formula is C13H14ClNS. The maximum absolute atomic E-state index is 5.93. The first-order chi connectivity index (χ1) is 7.66. The third kappa shape index (κ3) is 2.57. The van der Waals surface area contributed by atoms with E-state index >= 15 is 0 Å². The maximum Gasteiger partial charge on any atom is 0.0493 e. The first-order valence-corrected chi connectivity index (χ1v) is 6.53. The molecule has 1 N–H and O–H groups in total. The largest absolute Gasteiger partial charge is 0.378 e. The van der Waals surface area contributed by atoms with E-state index in [1.807, 2.05) is 18.2 Å². The van der Waals surface area contributed by atoms with Crippen LogP contribution in [0.2, 0.25) is 5.02 Å². The highest BCUT2D eigenvalue weighted by molar-refractivity contribution is 7.07. The molecule has 0 spiro atoms. The second-order valence-corrected chi connectivity index (χ2v) is 5.10. The molecule has 0 saturated carbocycles. The monoisotopic (exact) mass is 251 g/mol. The zero-order chi connectivity index (χ0) is 11.5. The molecule has 0 aliphatic rings. The van der Waals surface area contributed by atoms with Gasteiger partial charge in [-0.3, -0.25) is 0 Å². The predicted molar refractivity (Wildman–Crippen MR) is 72.5 cm³/mol. The Labute approximate surface area is 105 Å². The van der Waals surface area contributed by atoms with Gasteiger partial charge in [0, 0.05) is 16.8 Å². The van der Waals surface area contributed by atoms with E-state index in [1.54, 1.807) is 11.3 Å². The van der Waals surface area contributed by atoms with Crippen LogP contribution in [0.15, 0.2) is 35.0 Å². The van der Waals surface area contributed by atoms with Crippen molar-refractivity contribution in [2.75, 3.05) is 5.32 Å². The number of rotatable bonds is 3. The minimum absolute atomic E-state index is 0.325. The fourth-order valence-electron chi connectivity index (χ4n) is 1.63. The van der Waals surface area contributed by atoms with Crippen molar-refractivity contribution in [2.45, 2.75) is 19.9 Å². The van der Waals surface area contributed by atoms with E-state index in [0.717, 1.165) is 10.7 Å². The summed E-state index contributed by atoms with van der Waals surface area (Å²) >= 11 is 7.65. The van der Waals surface area contributed by atoms with Crippen LogP contribution in [0.4, 0.5) is 5.69 Å². The SMILES string of the molecule is Cc1cc(Cl)ccc1NC(C)c1ccsc1. The summed E-state index contributed by atoms with van der Waals surface area (Å²) in [7, 11) is 0. The molecule has 1 atom stereocenters. The van der Waals surface area contributed by atoms with E-state index in [9.17, 15) is 0 Å². The lowest BCUT2D eigenvalue weighted by Crippen LogP contribution is -2.06. The Morgan fingerprint density at radius 1 is 1.31 bits per heavy atom. The third-order valence-electron chi connectivity index (χ3n) is 2.60. The van der Waals surface area contributed by atoms with Gasteiger partial charge in [-0.05, 0) is 60.0 Å². The summed E-state index contributed by atoms with van der Waals surface area (Å²) in [5.41, 5.74) is 3.64. The molecule has 3 heteroatoms. The molecule has 0 fully saturated rings. The maximum atomic E-state index is 5.93. The van der Waals surface area contributed by atoms with Gasteiger partial charge < -0.3 is 5.32 Å². The van der Waals surface area contributed by atoms with Gasteiger partial charge in [-0.25, -0.2) is 0 Å². The Morgan fingerprint density at radius 3 is 2.75 bits per heavy atom. The zero-order valence-electron chi connectivity index (χ0n) is 9.33. The summed E-state index contributed by atoms with van der Waals surface area (Å²) in [5, 5.41) is 8.54. The minimum atomic E-state index is 0.325. The zero-order valence-corrected chi connectivity index (χ0v) is 10.9. The Balaban J connectivity index is 2.15. The number of hydrogen-bond donors (Lipinski definition) is 1. The number of aryl methyl sites for hydroxylation is 1. The second-order valence-electron chi connectivity index (χ2n) is 3.88. The Hall–Kier alpha value is -0.990. The number of benzene rings is 1. The molecule has 2 rings (SSSR count). The van der Waals surface area contributed by atoms with Crippen molar-refractivity contribution in [3.63, 3.8) is 0 Å². The van der Waals surface area contributed by atoms with E-state index in [1.165, 1.54) is 11.1 Å². The molecular weight excluding hydrogens is 238 g/mol. The van der Waals surface area contributed by atoms with Crippen molar-refractivity contribution in [1.29, 1.82) is 0 Å². The minimum Gasteiger partial charge on any atom is -0.378 e. The van der Waals surface area contributed by atoms with Gasteiger partial charge in [0.1, 0.15) is 0 Å². The van der Waals surface area contributed by atoms with Gasteiger partial charge in [-0.15, -0.1) is 0 Å². The average molecular weight is 252 g/mol. The van der Waals surface area contributed by atoms with Crippen molar-refractivity contribution in [2.24, 2.45) is 0 Å². The Kier molecular flexibility index (Phi) is 3.52. The van der Waals surface area contributed by atoms with Gasteiger partial charge >= 0.3 is 0 Å². The second kappa shape index (κ2) is 4.89. The Morgan fingerprint density at radius 2 is 2.12 bits per heavy atom. The van der Waals surface area contributed by atoms with E-state index < -0.39 is 0 Å². The van der Waals surface area contributed by atoms with Gasteiger partial charge in [-0.2, -0.15) is 11.3 Å². The lowest BCUT2D eigenvalue weighted by Gasteiger charge is -2.16. The standard InChI is InChI=1S/C13H14ClNS/c1-9-7-12(14)3-4-13(9)15-10(2)11-5-6-16-8-11/h3-8,10,15H,1-2H3. The van der Waals surface area contributed by atoms with Crippen molar-refractivity contribution in [1.82, 2.24) is 0 Å². The van der Waals surface area contributed by atoms with Gasteiger partial charge in [0.2, 0.25) is 0 Å². The van der Waals surface area contributed by atoms with Gasteiger partial charge in [-0.1, -0.05) is 11.6 Å². The number of nitrogens with one attached hydrogen (secondary N) is 1. The molecule has 0 bridgehead atoms. The topological polar surface area (TPSA) is 12.0 Å². The van der Waals surface area contributed by atoms with Crippen molar-refractivity contribution in [3.05, 3.63) is 51.2 Å². The summed E-state index contributed by atoms with van der Waals surface area (Å²) < 4.78 is 0. The molecule has 0 aliphatic carbocycles. The first-order valence-electron chi connectivity index (χ1n) is 5.21. The molecule has 1 aromatic carbocycles. The lowest BCUT2D eigenvalue weighted by molar-refractivity contribution is 0.888. The van der Waals surface area contributed by atoms with Crippen LogP contribution in [-0.4, -0.2) is 0 Å². The highest BCUT2D eigenvalue weighted by atomic mass is 35.5. The van der Waals surface area contributed by atoms with Crippen molar-refractivity contribution in [3.8, 4) is 0 Å². The van der Waals surface area contributed by atoms with Crippen LogP contribution in [0.25, 0.3) is 0 Å². The van der Waals surface area contributed by atoms with E-state index in [4.69, 9.17) is 11.6 Å². The summed E-state index contributed by atoms with van der Waals surface area (Å²) in [6.07, 6.45) is 0. The first kappa shape index (κ1) is 11.5. The summed E-state index contributed by atoms with van der Waals surface area (Å²) in [4.78, 5) is 0. The molecule has 0 radical (unpaired) electrons. The number of hydrogen-bond acceptors (Lipinski definition) is 2. The summed E-state index contributed by atoms with van der Waals surface area (Å²) in [6, 6.07) is 8.39. The molecule has 1 heterocycles. The quantitative estimate of drug-likeness (QED) is 0.820. The van der Waals surface area contributed by atoms with E-state index in [0.29, 0.717) is 6.04 Å².